The predicted octanol–water partition coefficient (Wildman–Crippen LogP) is 1.26. The number of anilines is 2. The number of carbonyl (C=O) groups excluding carboxylic acids is 3. The number of rotatable bonds is 1. The van der Waals surface area contributed by atoms with Crippen molar-refractivity contribution < 1.29 is 19.1 Å². The third-order valence-corrected chi connectivity index (χ3v) is 5.89. The molecule has 6 nitrogen and oxygen atoms in total. The van der Waals surface area contributed by atoms with Gasteiger partial charge in [-0.25, -0.2) is 4.90 Å². The molecule has 0 aromatic heterocycles. The number of imide groups is 1. The van der Waals surface area contributed by atoms with E-state index in [-0.39, 0.29) is 41.8 Å². The zero-order valence-electron chi connectivity index (χ0n) is 13.4. The topological polar surface area (TPSA) is 66.9 Å². The van der Waals surface area contributed by atoms with Gasteiger partial charge in [0.1, 0.15) is 0 Å². The quantitative estimate of drug-likeness (QED) is 0.729. The van der Waals surface area contributed by atoms with Gasteiger partial charge in [0.05, 0.1) is 29.7 Å². The van der Waals surface area contributed by atoms with Crippen LogP contribution in [0.4, 0.5) is 11.4 Å². The predicted molar refractivity (Wildman–Crippen MR) is 85.5 cm³/mol. The van der Waals surface area contributed by atoms with E-state index in [2.05, 4.69) is 0 Å². The molecule has 1 aromatic rings. The molecule has 2 bridgehead atoms. The Morgan fingerprint density at radius 2 is 1.79 bits per heavy atom. The van der Waals surface area contributed by atoms with E-state index < -0.39 is 0 Å². The summed E-state index contributed by atoms with van der Waals surface area (Å²) in [6, 6.07) is 5.55. The fraction of sp³-hybridized carbons (Fsp3) is 0.500. The Kier molecular flexibility index (Phi) is 2.75. The summed E-state index contributed by atoms with van der Waals surface area (Å²) in [4.78, 5) is 40.5. The molecule has 4 heterocycles. The van der Waals surface area contributed by atoms with Crippen LogP contribution >= 0.6 is 0 Å². The second kappa shape index (κ2) is 4.66. The van der Waals surface area contributed by atoms with Gasteiger partial charge < -0.3 is 9.64 Å². The Morgan fingerprint density at radius 3 is 2.42 bits per heavy atom. The zero-order chi connectivity index (χ0) is 16.6. The molecule has 3 saturated heterocycles. The van der Waals surface area contributed by atoms with Gasteiger partial charge in [-0.05, 0) is 37.0 Å². The monoisotopic (exact) mass is 326 g/mol. The number of carbonyl (C=O) groups is 3. The van der Waals surface area contributed by atoms with Gasteiger partial charge in [-0.3, -0.25) is 14.4 Å². The molecule has 3 amide bonds. The van der Waals surface area contributed by atoms with Crippen LogP contribution in [-0.4, -0.2) is 36.5 Å². The van der Waals surface area contributed by atoms with Crippen LogP contribution < -0.4 is 9.80 Å². The van der Waals surface area contributed by atoms with Crippen LogP contribution in [0.1, 0.15) is 25.3 Å². The van der Waals surface area contributed by atoms with Crippen molar-refractivity contribution in [3.05, 3.63) is 23.8 Å². The summed E-state index contributed by atoms with van der Waals surface area (Å²) >= 11 is 0. The van der Waals surface area contributed by atoms with E-state index in [9.17, 15) is 14.4 Å². The van der Waals surface area contributed by atoms with Gasteiger partial charge in [-0.2, -0.15) is 0 Å². The van der Waals surface area contributed by atoms with Crippen LogP contribution in [0.2, 0.25) is 0 Å². The van der Waals surface area contributed by atoms with Gasteiger partial charge >= 0.3 is 0 Å². The fourth-order valence-corrected chi connectivity index (χ4v) is 4.80. The Hall–Kier alpha value is -2.21. The molecule has 6 heteroatoms. The number of benzene rings is 1. The van der Waals surface area contributed by atoms with Crippen molar-refractivity contribution in [2.24, 2.45) is 11.8 Å². The molecule has 0 N–H and O–H groups in total. The Balaban J connectivity index is 1.54. The molecule has 0 saturated carbocycles. The maximum Gasteiger partial charge on any atom is 0.240 e. The molecule has 3 fully saturated rings. The Morgan fingerprint density at radius 1 is 1.12 bits per heavy atom. The maximum absolute atomic E-state index is 12.8. The lowest BCUT2D eigenvalue weighted by Crippen LogP contribution is -2.34. The highest BCUT2D eigenvalue weighted by molar-refractivity contribution is 6.23. The highest BCUT2D eigenvalue weighted by Gasteiger charge is 2.62. The van der Waals surface area contributed by atoms with E-state index in [0.29, 0.717) is 12.2 Å². The summed E-state index contributed by atoms with van der Waals surface area (Å²) in [7, 11) is 0. The minimum atomic E-state index is -0.326. The van der Waals surface area contributed by atoms with Gasteiger partial charge in [0.2, 0.25) is 17.7 Å². The summed E-state index contributed by atoms with van der Waals surface area (Å²) < 4.78 is 5.77. The average Bonchev–Trinajstić information content (AvgIpc) is 3.30. The van der Waals surface area contributed by atoms with Gasteiger partial charge in [0, 0.05) is 19.2 Å². The molecule has 4 aliphatic rings. The largest absolute Gasteiger partial charge is 0.373 e. The normalized spacial score (nSPS) is 33.4. The summed E-state index contributed by atoms with van der Waals surface area (Å²) in [6.07, 6.45) is 2.32. The first kappa shape index (κ1) is 14.2. The fourth-order valence-electron chi connectivity index (χ4n) is 4.80. The molecule has 1 aromatic carbocycles. The van der Waals surface area contributed by atoms with Gasteiger partial charge in [0.25, 0.3) is 0 Å². The molecule has 5 rings (SSSR count). The average molecular weight is 326 g/mol. The number of fused-ring (bicyclic) bond motifs is 6. The van der Waals surface area contributed by atoms with E-state index in [1.165, 1.54) is 11.8 Å². The lowest BCUT2D eigenvalue weighted by atomic mass is 9.81. The molecule has 124 valence electrons. The number of hydrogen-bond donors (Lipinski definition) is 0. The molecule has 4 unspecified atom stereocenters. The molecule has 0 spiro atoms. The second-order valence-electron chi connectivity index (χ2n) is 7.09. The number of nitrogens with zero attached hydrogens (tertiary/aromatic N) is 2. The van der Waals surface area contributed by atoms with Crippen LogP contribution in [0, 0.1) is 11.8 Å². The standard InChI is InChI=1S/C18H18N2O4/c1-9(21)19-7-6-10-2-3-11(8-12(10)19)20-17(22)15-13-4-5-14(24-13)16(15)18(20)23/h2-3,8,13-16H,4-7H2,1H3. The maximum atomic E-state index is 12.8. The molecule has 4 atom stereocenters. The van der Waals surface area contributed by atoms with Crippen molar-refractivity contribution in [1.29, 1.82) is 0 Å². The molecular weight excluding hydrogens is 308 g/mol. The van der Waals surface area contributed by atoms with Crippen LogP contribution in [0.15, 0.2) is 18.2 Å². The Labute approximate surface area is 139 Å². The Bertz CT molecular complexity index is 761. The van der Waals surface area contributed by atoms with Crippen molar-refractivity contribution in [1.82, 2.24) is 0 Å². The summed E-state index contributed by atoms with van der Waals surface area (Å²) in [5.41, 5.74) is 2.47. The van der Waals surface area contributed by atoms with Crippen molar-refractivity contribution >= 4 is 29.1 Å². The lowest BCUT2D eigenvalue weighted by Gasteiger charge is -2.20. The van der Waals surface area contributed by atoms with E-state index in [0.717, 1.165) is 30.5 Å². The van der Waals surface area contributed by atoms with Gasteiger partial charge in [-0.15, -0.1) is 0 Å². The number of ether oxygens (including phenoxy) is 1. The van der Waals surface area contributed by atoms with Gasteiger partial charge in [0.15, 0.2) is 0 Å². The summed E-state index contributed by atoms with van der Waals surface area (Å²) in [6.45, 7) is 2.19. The van der Waals surface area contributed by atoms with Crippen molar-refractivity contribution in [2.75, 3.05) is 16.3 Å². The minimum Gasteiger partial charge on any atom is -0.373 e. The van der Waals surface area contributed by atoms with E-state index in [4.69, 9.17) is 4.74 Å². The first-order valence-corrected chi connectivity index (χ1v) is 8.50. The summed E-state index contributed by atoms with van der Waals surface area (Å²) in [5.74, 6) is -0.968. The van der Waals surface area contributed by atoms with Gasteiger partial charge in [-0.1, -0.05) is 6.07 Å². The molecule has 0 aliphatic carbocycles. The smallest absolute Gasteiger partial charge is 0.240 e. The van der Waals surface area contributed by atoms with Crippen molar-refractivity contribution in [2.45, 2.75) is 38.4 Å². The first-order valence-electron chi connectivity index (χ1n) is 8.50. The van der Waals surface area contributed by atoms with E-state index in [1.807, 2.05) is 18.2 Å². The van der Waals surface area contributed by atoms with Crippen molar-refractivity contribution in [3.63, 3.8) is 0 Å². The highest BCUT2D eigenvalue weighted by Crippen LogP contribution is 2.49. The number of hydrogen-bond acceptors (Lipinski definition) is 4. The third-order valence-electron chi connectivity index (χ3n) is 5.89. The van der Waals surface area contributed by atoms with E-state index in [1.54, 1.807) is 4.90 Å². The van der Waals surface area contributed by atoms with Crippen molar-refractivity contribution in [3.8, 4) is 0 Å². The second-order valence-corrected chi connectivity index (χ2v) is 7.09. The van der Waals surface area contributed by atoms with Crippen LogP contribution in [0.3, 0.4) is 0 Å². The third kappa shape index (κ3) is 1.66. The molecule has 0 radical (unpaired) electrons. The number of amides is 3. The summed E-state index contributed by atoms with van der Waals surface area (Å²) in [5, 5.41) is 0. The van der Waals surface area contributed by atoms with Crippen LogP contribution in [-0.2, 0) is 25.5 Å². The van der Waals surface area contributed by atoms with Crippen LogP contribution in [0.5, 0.6) is 0 Å². The molecule has 24 heavy (non-hydrogen) atoms. The first-order chi connectivity index (χ1) is 11.6. The molecule has 4 aliphatic heterocycles. The van der Waals surface area contributed by atoms with Crippen LogP contribution in [0.25, 0.3) is 0 Å². The SMILES string of the molecule is CC(=O)N1CCc2ccc(N3C(=O)C4C5CCC(O5)C4C3=O)cc21. The lowest BCUT2D eigenvalue weighted by molar-refractivity contribution is -0.125. The highest BCUT2D eigenvalue weighted by atomic mass is 16.5. The van der Waals surface area contributed by atoms with E-state index >= 15 is 0 Å². The zero-order valence-corrected chi connectivity index (χ0v) is 13.4. The molecular formula is C18H18N2O4. The minimum absolute atomic E-state index is 0.0201.